The summed E-state index contributed by atoms with van der Waals surface area (Å²) in [7, 11) is 2.02. The molecule has 3 heteroatoms. The minimum absolute atomic E-state index is 0.0161. The molecule has 1 fully saturated rings. The van der Waals surface area contributed by atoms with Crippen LogP contribution in [-0.4, -0.2) is 25.0 Å². The Kier molecular flexibility index (Phi) is 5.04. The fraction of sp³-hybridized carbons (Fsp3) is 0.611. The summed E-state index contributed by atoms with van der Waals surface area (Å²) in [6.45, 7) is 6.45. The Bertz CT molecular complexity index is 482. The number of hydrogen-bond donors (Lipinski definition) is 2. The lowest BCUT2D eigenvalue weighted by molar-refractivity contribution is 0.0922. The van der Waals surface area contributed by atoms with Crippen LogP contribution in [0.25, 0.3) is 0 Å². The number of benzene rings is 1. The van der Waals surface area contributed by atoms with E-state index in [0.29, 0.717) is 12.1 Å². The third kappa shape index (κ3) is 4.07. The van der Waals surface area contributed by atoms with Crippen molar-refractivity contribution < 1.29 is 4.79 Å². The normalized spacial score (nSPS) is 22.9. The van der Waals surface area contributed by atoms with Crippen molar-refractivity contribution in [2.75, 3.05) is 7.05 Å². The highest BCUT2D eigenvalue weighted by molar-refractivity contribution is 5.96. The van der Waals surface area contributed by atoms with Gasteiger partial charge in [-0.05, 0) is 49.8 Å². The SMILES string of the molecule is CNC1CCC(NC(=O)c2ccccc2C(C)(C)C)CC1. The van der Waals surface area contributed by atoms with Crippen LogP contribution in [0.15, 0.2) is 24.3 Å². The second-order valence-corrected chi connectivity index (χ2v) is 7.11. The molecule has 0 radical (unpaired) electrons. The summed E-state index contributed by atoms with van der Waals surface area (Å²) >= 11 is 0. The average molecular weight is 288 g/mol. The molecule has 0 unspecified atom stereocenters. The van der Waals surface area contributed by atoms with Crippen LogP contribution < -0.4 is 10.6 Å². The highest BCUT2D eigenvalue weighted by Gasteiger charge is 2.25. The zero-order valence-corrected chi connectivity index (χ0v) is 13.7. The largest absolute Gasteiger partial charge is 0.349 e. The zero-order chi connectivity index (χ0) is 15.5. The topological polar surface area (TPSA) is 41.1 Å². The number of rotatable bonds is 3. The number of carbonyl (C=O) groups is 1. The summed E-state index contributed by atoms with van der Waals surface area (Å²) in [6.07, 6.45) is 4.41. The Hall–Kier alpha value is -1.35. The second kappa shape index (κ2) is 6.61. The van der Waals surface area contributed by atoms with Crippen molar-refractivity contribution in [1.82, 2.24) is 10.6 Å². The molecular weight excluding hydrogens is 260 g/mol. The van der Waals surface area contributed by atoms with Gasteiger partial charge in [-0.15, -0.1) is 0 Å². The van der Waals surface area contributed by atoms with Crippen molar-refractivity contribution >= 4 is 5.91 Å². The van der Waals surface area contributed by atoms with E-state index in [1.54, 1.807) is 0 Å². The van der Waals surface area contributed by atoms with Crippen molar-refractivity contribution in [2.45, 2.75) is 64.0 Å². The van der Waals surface area contributed by atoms with E-state index in [-0.39, 0.29) is 11.3 Å². The van der Waals surface area contributed by atoms with Gasteiger partial charge in [-0.3, -0.25) is 4.79 Å². The minimum Gasteiger partial charge on any atom is -0.349 e. The van der Waals surface area contributed by atoms with Crippen LogP contribution in [0, 0.1) is 0 Å². The van der Waals surface area contributed by atoms with Crippen LogP contribution in [-0.2, 0) is 5.41 Å². The molecule has 0 saturated heterocycles. The molecule has 0 atom stereocenters. The third-order valence-corrected chi connectivity index (χ3v) is 4.45. The first-order chi connectivity index (χ1) is 9.91. The molecular formula is C18H28N2O. The van der Waals surface area contributed by atoms with Crippen molar-refractivity contribution in [3.63, 3.8) is 0 Å². The summed E-state index contributed by atoms with van der Waals surface area (Å²) in [6, 6.07) is 8.88. The van der Waals surface area contributed by atoms with Crippen LogP contribution in [0.4, 0.5) is 0 Å². The standard InChI is InChI=1S/C18H28N2O/c1-18(2,3)16-8-6-5-7-15(16)17(21)20-14-11-9-13(19-4)10-12-14/h5-8,13-14,19H,9-12H2,1-4H3,(H,20,21). The van der Waals surface area contributed by atoms with Gasteiger partial charge >= 0.3 is 0 Å². The lowest BCUT2D eigenvalue weighted by Crippen LogP contribution is -2.41. The lowest BCUT2D eigenvalue weighted by Gasteiger charge is -2.29. The van der Waals surface area contributed by atoms with Crippen molar-refractivity contribution in [3.05, 3.63) is 35.4 Å². The van der Waals surface area contributed by atoms with E-state index in [1.807, 2.05) is 25.2 Å². The molecule has 0 spiro atoms. The summed E-state index contributed by atoms with van der Waals surface area (Å²) in [4.78, 5) is 12.6. The monoisotopic (exact) mass is 288 g/mol. The Morgan fingerprint density at radius 2 is 1.62 bits per heavy atom. The first kappa shape index (κ1) is 16.0. The van der Waals surface area contributed by atoms with Gasteiger partial charge in [0.25, 0.3) is 5.91 Å². The molecule has 2 N–H and O–H groups in total. The Morgan fingerprint density at radius 3 is 2.19 bits per heavy atom. The molecule has 1 aliphatic rings. The minimum atomic E-state index is -0.0161. The lowest BCUT2D eigenvalue weighted by atomic mass is 9.83. The summed E-state index contributed by atoms with van der Waals surface area (Å²) < 4.78 is 0. The summed E-state index contributed by atoms with van der Waals surface area (Å²) in [5, 5.41) is 6.55. The quantitative estimate of drug-likeness (QED) is 0.896. The highest BCUT2D eigenvalue weighted by atomic mass is 16.1. The molecule has 0 bridgehead atoms. The van der Waals surface area contributed by atoms with Gasteiger partial charge in [0.05, 0.1) is 0 Å². The first-order valence-corrected chi connectivity index (χ1v) is 7.99. The summed E-state index contributed by atoms with van der Waals surface area (Å²) in [5.41, 5.74) is 1.92. The van der Waals surface area contributed by atoms with E-state index in [9.17, 15) is 4.79 Å². The Morgan fingerprint density at radius 1 is 1.05 bits per heavy atom. The highest BCUT2D eigenvalue weighted by Crippen LogP contribution is 2.26. The van der Waals surface area contributed by atoms with Crippen LogP contribution in [0.2, 0.25) is 0 Å². The van der Waals surface area contributed by atoms with Crippen LogP contribution in [0.5, 0.6) is 0 Å². The van der Waals surface area contributed by atoms with Crippen LogP contribution >= 0.6 is 0 Å². The van der Waals surface area contributed by atoms with Crippen molar-refractivity contribution in [3.8, 4) is 0 Å². The fourth-order valence-electron chi connectivity index (χ4n) is 3.12. The van der Waals surface area contributed by atoms with Crippen molar-refractivity contribution in [1.29, 1.82) is 0 Å². The van der Waals surface area contributed by atoms with Gasteiger partial charge in [-0.1, -0.05) is 39.0 Å². The molecule has 1 aromatic carbocycles. The second-order valence-electron chi connectivity index (χ2n) is 7.11. The average Bonchev–Trinajstić information content (AvgIpc) is 2.47. The van der Waals surface area contributed by atoms with Crippen molar-refractivity contribution in [2.24, 2.45) is 0 Å². The number of hydrogen-bond acceptors (Lipinski definition) is 2. The molecule has 3 nitrogen and oxygen atoms in total. The maximum absolute atomic E-state index is 12.6. The molecule has 116 valence electrons. The molecule has 2 rings (SSSR count). The third-order valence-electron chi connectivity index (χ3n) is 4.45. The molecule has 0 aliphatic heterocycles. The van der Waals surface area contributed by atoms with Gasteiger partial charge in [0, 0.05) is 17.6 Å². The van der Waals surface area contributed by atoms with Gasteiger partial charge in [-0.25, -0.2) is 0 Å². The van der Waals surface area contributed by atoms with Gasteiger partial charge in [0.15, 0.2) is 0 Å². The van der Waals surface area contributed by atoms with Gasteiger partial charge in [0.2, 0.25) is 0 Å². The number of amides is 1. The van der Waals surface area contributed by atoms with Gasteiger partial charge in [-0.2, -0.15) is 0 Å². The van der Waals surface area contributed by atoms with Crippen LogP contribution in [0.1, 0.15) is 62.4 Å². The molecule has 0 heterocycles. The molecule has 1 amide bonds. The summed E-state index contributed by atoms with van der Waals surface area (Å²) in [5.74, 6) is 0.0773. The van der Waals surface area contributed by atoms with E-state index < -0.39 is 0 Å². The van der Waals surface area contributed by atoms with E-state index in [4.69, 9.17) is 0 Å². The molecule has 1 aromatic rings. The van der Waals surface area contributed by atoms with E-state index in [1.165, 1.54) is 0 Å². The zero-order valence-electron chi connectivity index (χ0n) is 13.7. The Balaban J connectivity index is 2.05. The molecule has 0 aromatic heterocycles. The molecule has 1 aliphatic carbocycles. The van der Waals surface area contributed by atoms with E-state index in [0.717, 1.165) is 36.8 Å². The van der Waals surface area contributed by atoms with Crippen LogP contribution in [0.3, 0.4) is 0 Å². The predicted molar refractivity (Wildman–Crippen MR) is 87.7 cm³/mol. The maximum atomic E-state index is 12.6. The molecule has 21 heavy (non-hydrogen) atoms. The first-order valence-electron chi connectivity index (χ1n) is 7.99. The fourth-order valence-corrected chi connectivity index (χ4v) is 3.12. The maximum Gasteiger partial charge on any atom is 0.251 e. The predicted octanol–water partition coefficient (Wildman–Crippen LogP) is 3.24. The smallest absolute Gasteiger partial charge is 0.251 e. The molecule has 1 saturated carbocycles. The number of nitrogens with one attached hydrogen (secondary N) is 2. The van der Waals surface area contributed by atoms with Gasteiger partial charge < -0.3 is 10.6 Å². The van der Waals surface area contributed by atoms with E-state index in [2.05, 4.69) is 37.5 Å². The van der Waals surface area contributed by atoms with Gasteiger partial charge in [0.1, 0.15) is 0 Å². The Labute approximate surface area is 128 Å². The van der Waals surface area contributed by atoms with E-state index >= 15 is 0 Å². The number of carbonyl (C=O) groups excluding carboxylic acids is 1.